The molecule has 0 radical (unpaired) electrons. The van der Waals surface area contributed by atoms with Crippen molar-refractivity contribution >= 4 is 29.6 Å². The second-order valence-electron chi connectivity index (χ2n) is 6.42. The molecule has 1 aromatic rings. The molecule has 2 atom stereocenters. The lowest BCUT2D eigenvalue weighted by Crippen LogP contribution is -2.42. The van der Waals surface area contributed by atoms with Crippen molar-refractivity contribution in [1.29, 1.82) is 0 Å². The molecule has 1 aromatic carbocycles. The standard InChI is InChI=1S/C18H23N3O3S/c1-25-10-9-15-17(23)21(18(24)20-15)11-16(22)19-14-8-4-6-12-5-2-3-7-13(12)14/h2-3,5,7,14-15H,4,6,8-11H2,1H3,(H,19,22)(H,20,24)/t14-,15+/m0/s1. The van der Waals surface area contributed by atoms with Crippen LogP contribution in [0, 0.1) is 0 Å². The predicted octanol–water partition coefficient (Wildman–Crippen LogP) is 1.85. The molecule has 25 heavy (non-hydrogen) atoms. The highest BCUT2D eigenvalue weighted by atomic mass is 32.2. The number of rotatable bonds is 6. The monoisotopic (exact) mass is 361 g/mol. The molecule has 6 nitrogen and oxygen atoms in total. The minimum atomic E-state index is -0.511. The van der Waals surface area contributed by atoms with Crippen molar-refractivity contribution in [3.8, 4) is 0 Å². The van der Waals surface area contributed by atoms with Crippen molar-refractivity contribution in [3.05, 3.63) is 35.4 Å². The third-order valence-corrected chi connectivity index (χ3v) is 5.37. The number of nitrogens with zero attached hydrogens (tertiary/aromatic N) is 1. The van der Waals surface area contributed by atoms with E-state index in [9.17, 15) is 14.4 Å². The first-order chi connectivity index (χ1) is 12.1. The number of benzene rings is 1. The van der Waals surface area contributed by atoms with E-state index in [0.717, 1.165) is 35.5 Å². The molecule has 2 aliphatic rings. The number of carbonyl (C=O) groups excluding carboxylic acids is 3. The molecule has 0 spiro atoms. The number of urea groups is 1. The first-order valence-corrected chi connectivity index (χ1v) is 9.97. The van der Waals surface area contributed by atoms with Crippen molar-refractivity contribution in [3.63, 3.8) is 0 Å². The predicted molar refractivity (Wildman–Crippen MR) is 97.3 cm³/mol. The SMILES string of the molecule is CSCC[C@H]1NC(=O)N(CC(=O)N[C@H]2CCCc3ccccc32)C1=O. The number of hydrogen-bond acceptors (Lipinski definition) is 4. The van der Waals surface area contributed by atoms with Crippen LogP contribution in [0.25, 0.3) is 0 Å². The molecule has 0 aromatic heterocycles. The van der Waals surface area contributed by atoms with Gasteiger partial charge in [-0.05, 0) is 48.8 Å². The van der Waals surface area contributed by atoms with Gasteiger partial charge in [-0.15, -0.1) is 0 Å². The summed E-state index contributed by atoms with van der Waals surface area (Å²) in [5.74, 6) is 0.184. The molecule has 4 amide bonds. The molecule has 0 saturated carbocycles. The number of amides is 4. The Labute approximate surface area is 151 Å². The fourth-order valence-corrected chi connectivity index (χ4v) is 3.92. The van der Waals surface area contributed by atoms with Gasteiger partial charge >= 0.3 is 6.03 Å². The van der Waals surface area contributed by atoms with Gasteiger partial charge in [-0.3, -0.25) is 14.5 Å². The van der Waals surface area contributed by atoms with Gasteiger partial charge in [0.15, 0.2) is 0 Å². The minimum absolute atomic E-state index is 0.0505. The third kappa shape index (κ3) is 3.98. The Bertz CT molecular complexity index is 679. The summed E-state index contributed by atoms with van der Waals surface area (Å²) in [4.78, 5) is 37.7. The molecular weight excluding hydrogens is 338 g/mol. The Hall–Kier alpha value is -2.02. The normalized spacial score (nSPS) is 22.5. The molecule has 7 heteroatoms. The highest BCUT2D eigenvalue weighted by Gasteiger charge is 2.38. The van der Waals surface area contributed by atoms with Crippen LogP contribution in [0.5, 0.6) is 0 Å². The number of nitrogens with one attached hydrogen (secondary N) is 2. The summed E-state index contributed by atoms with van der Waals surface area (Å²) in [6, 6.07) is 7.05. The fraction of sp³-hybridized carbons (Fsp3) is 0.500. The van der Waals surface area contributed by atoms with E-state index in [2.05, 4.69) is 16.7 Å². The van der Waals surface area contributed by atoms with Crippen molar-refractivity contribution in [1.82, 2.24) is 15.5 Å². The van der Waals surface area contributed by atoms with E-state index in [1.54, 1.807) is 11.8 Å². The highest BCUT2D eigenvalue weighted by Crippen LogP contribution is 2.29. The van der Waals surface area contributed by atoms with Gasteiger partial charge in [0.25, 0.3) is 5.91 Å². The second-order valence-corrected chi connectivity index (χ2v) is 7.40. The Morgan fingerprint density at radius 3 is 2.96 bits per heavy atom. The van der Waals surface area contributed by atoms with Crippen LogP contribution in [0.2, 0.25) is 0 Å². The zero-order chi connectivity index (χ0) is 17.8. The molecule has 2 N–H and O–H groups in total. The summed E-state index contributed by atoms with van der Waals surface area (Å²) in [5, 5.41) is 5.64. The molecule has 134 valence electrons. The molecule has 1 aliphatic heterocycles. The molecule has 1 fully saturated rings. The summed E-state index contributed by atoms with van der Waals surface area (Å²) in [5.41, 5.74) is 2.39. The maximum Gasteiger partial charge on any atom is 0.325 e. The number of carbonyl (C=O) groups is 3. The lowest BCUT2D eigenvalue weighted by atomic mass is 9.88. The summed E-state index contributed by atoms with van der Waals surface area (Å²) < 4.78 is 0. The van der Waals surface area contributed by atoms with Gasteiger partial charge in [-0.2, -0.15) is 11.8 Å². The third-order valence-electron chi connectivity index (χ3n) is 4.72. The molecule has 3 rings (SSSR count). The summed E-state index contributed by atoms with van der Waals surface area (Å²) in [6.45, 7) is -0.223. The molecule has 1 heterocycles. The van der Waals surface area contributed by atoms with Crippen LogP contribution >= 0.6 is 11.8 Å². The number of hydrogen-bond donors (Lipinski definition) is 2. The quantitative estimate of drug-likeness (QED) is 0.758. The van der Waals surface area contributed by atoms with Gasteiger partial charge < -0.3 is 10.6 Å². The van der Waals surface area contributed by atoms with Gasteiger partial charge in [-0.25, -0.2) is 4.79 Å². The Kier molecular flexibility index (Phi) is 5.63. The van der Waals surface area contributed by atoms with E-state index in [0.29, 0.717) is 6.42 Å². The lowest BCUT2D eigenvalue weighted by Gasteiger charge is -2.27. The van der Waals surface area contributed by atoms with Gasteiger partial charge in [0.2, 0.25) is 5.91 Å². The zero-order valence-corrected chi connectivity index (χ0v) is 15.1. The van der Waals surface area contributed by atoms with Gasteiger partial charge in [-0.1, -0.05) is 24.3 Å². The highest BCUT2D eigenvalue weighted by molar-refractivity contribution is 7.98. The second kappa shape index (κ2) is 7.91. The van der Waals surface area contributed by atoms with E-state index in [-0.39, 0.29) is 24.4 Å². The Morgan fingerprint density at radius 2 is 2.16 bits per heavy atom. The summed E-state index contributed by atoms with van der Waals surface area (Å²) >= 11 is 1.62. The maximum absolute atomic E-state index is 12.4. The molecular formula is C18H23N3O3S. The van der Waals surface area contributed by atoms with Crippen LogP contribution < -0.4 is 10.6 Å². The van der Waals surface area contributed by atoms with E-state index in [1.807, 2.05) is 24.5 Å². The van der Waals surface area contributed by atoms with Crippen LogP contribution in [0.3, 0.4) is 0 Å². The zero-order valence-electron chi connectivity index (χ0n) is 14.3. The maximum atomic E-state index is 12.4. The number of fused-ring (bicyclic) bond motifs is 1. The van der Waals surface area contributed by atoms with Crippen molar-refractivity contribution < 1.29 is 14.4 Å². The van der Waals surface area contributed by atoms with Crippen LogP contribution in [-0.2, 0) is 16.0 Å². The van der Waals surface area contributed by atoms with Crippen molar-refractivity contribution in [2.75, 3.05) is 18.6 Å². The van der Waals surface area contributed by atoms with Crippen LogP contribution in [0.1, 0.15) is 36.4 Å². The van der Waals surface area contributed by atoms with E-state index in [1.165, 1.54) is 5.56 Å². The largest absolute Gasteiger partial charge is 0.348 e. The smallest absolute Gasteiger partial charge is 0.325 e. The molecule has 1 saturated heterocycles. The van der Waals surface area contributed by atoms with E-state index in [4.69, 9.17) is 0 Å². The van der Waals surface area contributed by atoms with Crippen LogP contribution in [0.15, 0.2) is 24.3 Å². The van der Waals surface area contributed by atoms with E-state index < -0.39 is 12.1 Å². The lowest BCUT2D eigenvalue weighted by molar-refractivity contribution is -0.132. The van der Waals surface area contributed by atoms with Crippen LogP contribution in [-0.4, -0.2) is 47.3 Å². The summed E-state index contributed by atoms with van der Waals surface area (Å²) in [7, 11) is 0. The average molecular weight is 361 g/mol. The molecule has 0 bridgehead atoms. The first-order valence-electron chi connectivity index (χ1n) is 8.58. The van der Waals surface area contributed by atoms with Crippen molar-refractivity contribution in [2.24, 2.45) is 0 Å². The molecule has 1 aliphatic carbocycles. The fourth-order valence-electron chi connectivity index (χ4n) is 3.45. The molecule has 0 unspecified atom stereocenters. The summed E-state index contributed by atoms with van der Waals surface area (Å²) in [6.07, 6.45) is 5.45. The number of thioether (sulfide) groups is 1. The topological polar surface area (TPSA) is 78.5 Å². The van der Waals surface area contributed by atoms with Gasteiger partial charge in [0.1, 0.15) is 12.6 Å². The van der Waals surface area contributed by atoms with Gasteiger partial charge in [0.05, 0.1) is 6.04 Å². The average Bonchev–Trinajstić information content (AvgIpc) is 2.88. The number of aryl methyl sites for hydroxylation is 1. The van der Waals surface area contributed by atoms with Crippen LogP contribution in [0.4, 0.5) is 4.79 Å². The van der Waals surface area contributed by atoms with E-state index >= 15 is 0 Å². The number of imide groups is 1. The first kappa shape index (κ1) is 17.8. The Morgan fingerprint density at radius 1 is 1.36 bits per heavy atom. The van der Waals surface area contributed by atoms with Crippen molar-refractivity contribution in [2.45, 2.75) is 37.8 Å². The Balaban J connectivity index is 1.60. The van der Waals surface area contributed by atoms with Gasteiger partial charge in [0, 0.05) is 0 Å². The minimum Gasteiger partial charge on any atom is -0.348 e.